The highest BCUT2D eigenvalue weighted by Crippen LogP contribution is 2.42. The van der Waals surface area contributed by atoms with Gasteiger partial charge in [-0.25, -0.2) is 0 Å². The Morgan fingerprint density at radius 3 is 1.55 bits per heavy atom. The van der Waals surface area contributed by atoms with Crippen molar-refractivity contribution in [2.75, 3.05) is 7.11 Å². The zero-order chi connectivity index (χ0) is 16.2. The molecule has 20 heavy (non-hydrogen) atoms. The third kappa shape index (κ3) is 7.08. The molecule has 0 aromatic rings. The molecule has 0 saturated heterocycles. The van der Waals surface area contributed by atoms with Crippen molar-refractivity contribution in [2.24, 2.45) is 5.41 Å². The van der Waals surface area contributed by atoms with Crippen molar-refractivity contribution in [2.45, 2.75) is 105 Å². The molecule has 0 saturated carbocycles. The lowest BCUT2D eigenvalue weighted by atomic mass is 9.70. The van der Waals surface area contributed by atoms with Gasteiger partial charge >= 0.3 is 0 Å². The molecule has 2 atom stereocenters. The molecule has 0 aromatic heterocycles. The van der Waals surface area contributed by atoms with E-state index in [0.29, 0.717) is 0 Å². The van der Waals surface area contributed by atoms with Crippen molar-refractivity contribution >= 4 is 0 Å². The molecule has 0 aliphatic carbocycles. The zero-order valence-corrected chi connectivity index (χ0v) is 15.6. The fourth-order valence-corrected chi connectivity index (χ4v) is 3.45. The van der Waals surface area contributed by atoms with Gasteiger partial charge in [-0.2, -0.15) is 0 Å². The first kappa shape index (κ1) is 19.9. The Morgan fingerprint density at radius 2 is 1.25 bits per heavy atom. The summed E-state index contributed by atoms with van der Waals surface area (Å²) in [5, 5.41) is 0. The molecule has 2 nitrogen and oxygen atoms in total. The minimum Gasteiger partial charge on any atom is -0.379 e. The smallest absolute Gasteiger partial charge is 0.0653 e. The molecule has 2 unspecified atom stereocenters. The SMILES string of the molecule is CCC(C)(CC(C)(C)OC(C)(C)C)CC(C)(CC)OC. The van der Waals surface area contributed by atoms with Crippen molar-refractivity contribution in [3.05, 3.63) is 0 Å². The summed E-state index contributed by atoms with van der Waals surface area (Å²) in [7, 11) is 1.83. The van der Waals surface area contributed by atoms with Crippen LogP contribution in [0.1, 0.15) is 88.0 Å². The minimum absolute atomic E-state index is 0.0391. The predicted molar refractivity (Wildman–Crippen MR) is 88.3 cm³/mol. The summed E-state index contributed by atoms with van der Waals surface area (Å²) in [5.74, 6) is 0. The van der Waals surface area contributed by atoms with Crippen molar-refractivity contribution in [3.63, 3.8) is 0 Å². The summed E-state index contributed by atoms with van der Waals surface area (Å²) < 4.78 is 12.0. The quantitative estimate of drug-likeness (QED) is 0.579. The van der Waals surface area contributed by atoms with Gasteiger partial charge < -0.3 is 9.47 Å². The van der Waals surface area contributed by atoms with E-state index in [0.717, 1.165) is 25.7 Å². The lowest BCUT2D eigenvalue weighted by Gasteiger charge is -2.44. The molecule has 0 N–H and O–H groups in total. The monoisotopic (exact) mass is 286 g/mol. The second-order valence-electron chi connectivity index (χ2n) is 8.50. The molecule has 0 fully saturated rings. The van der Waals surface area contributed by atoms with Gasteiger partial charge in [0.05, 0.1) is 16.8 Å². The highest BCUT2D eigenvalue weighted by Gasteiger charge is 2.39. The molecule has 122 valence electrons. The van der Waals surface area contributed by atoms with Crippen LogP contribution in [0.5, 0.6) is 0 Å². The van der Waals surface area contributed by atoms with Crippen LogP contribution in [0.3, 0.4) is 0 Å². The van der Waals surface area contributed by atoms with E-state index in [4.69, 9.17) is 9.47 Å². The van der Waals surface area contributed by atoms with Gasteiger partial charge in [0.25, 0.3) is 0 Å². The summed E-state index contributed by atoms with van der Waals surface area (Å²) in [5.41, 5.74) is -0.0308. The van der Waals surface area contributed by atoms with Gasteiger partial charge in [0.1, 0.15) is 0 Å². The Bertz CT molecular complexity index is 284. The molecule has 0 heterocycles. The van der Waals surface area contributed by atoms with E-state index >= 15 is 0 Å². The first-order chi connectivity index (χ1) is 8.80. The van der Waals surface area contributed by atoms with Crippen LogP contribution in [-0.4, -0.2) is 23.9 Å². The second kappa shape index (κ2) is 6.79. The Hall–Kier alpha value is -0.0800. The number of hydrogen-bond acceptors (Lipinski definition) is 2. The number of ether oxygens (including phenoxy) is 2. The maximum absolute atomic E-state index is 6.26. The molecule has 2 heteroatoms. The van der Waals surface area contributed by atoms with Crippen molar-refractivity contribution in [3.8, 4) is 0 Å². The summed E-state index contributed by atoms with van der Waals surface area (Å²) in [6.45, 7) is 19.9. The molecule has 0 spiro atoms. The molecule has 0 aliphatic heterocycles. The zero-order valence-electron chi connectivity index (χ0n) is 15.6. The lowest BCUT2D eigenvalue weighted by molar-refractivity contribution is -0.138. The van der Waals surface area contributed by atoms with Gasteiger partial charge in [0.2, 0.25) is 0 Å². The van der Waals surface area contributed by atoms with Crippen molar-refractivity contribution in [1.29, 1.82) is 0 Å². The molecule has 0 radical (unpaired) electrons. The molecule has 0 bridgehead atoms. The fraction of sp³-hybridized carbons (Fsp3) is 1.00. The van der Waals surface area contributed by atoms with E-state index in [9.17, 15) is 0 Å². The average Bonchev–Trinajstić information content (AvgIpc) is 2.24. The average molecular weight is 286 g/mol. The topological polar surface area (TPSA) is 18.5 Å². The summed E-state index contributed by atoms with van der Waals surface area (Å²) >= 11 is 0. The highest BCUT2D eigenvalue weighted by molar-refractivity contribution is 4.90. The molecule has 0 aromatic carbocycles. The molecular formula is C18H38O2. The number of rotatable bonds is 8. The molecule has 0 rings (SSSR count). The molecule has 0 amide bonds. The van der Waals surface area contributed by atoms with E-state index in [2.05, 4.69) is 62.3 Å². The lowest BCUT2D eigenvalue weighted by Crippen LogP contribution is -2.42. The van der Waals surface area contributed by atoms with E-state index in [-0.39, 0.29) is 22.2 Å². The van der Waals surface area contributed by atoms with Crippen LogP contribution < -0.4 is 0 Å². The number of methoxy groups -OCH3 is 1. The van der Waals surface area contributed by atoms with Gasteiger partial charge in [0.15, 0.2) is 0 Å². The van der Waals surface area contributed by atoms with Gasteiger partial charge in [-0.1, -0.05) is 27.2 Å². The highest BCUT2D eigenvalue weighted by atomic mass is 16.5. The van der Waals surface area contributed by atoms with Crippen LogP contribution in [0.25, 0.3) is 0 Å². The molecular weight excluding hydrogens is 248 g/mol. The Kier molecular flexibility index (Phi) is 6.76. The normalized spacial score (nSPS) is 19.5. The molecule has 0 aliphatic rings. The van der Waals surface area contributed by atoms with E-state index in [1.54, 1.807) is 0 Å². The van der Waals surface area contributed by atoms with Crippen LogP contribution in [0.15, 0.2) is 0 Å². The first-order valence-electron chi connectivity index (χ1n) is 8.06. The summed E-state index contributed by atoms with van der Waals surface area (Å²) in [6.07, 6.45) is 4.30. The minimum atomic E-state index is -0.120. The van der Waals surface area contributed by atoms with Crippen molar-refractivity contribution < 1.29 is 9.47 Å². The standard InChI is InChI=1S/C18H38O2/c1-11-17(8,14-18(9,12-2)19-10)13-16(6,7)20-15(3,4)5/h11-14H2,1-10H3. The van der Waals surface area contributed by atoms with Crippen molar-refractivity contribution in [1.82, 2.24) is 0 Å². The van der Waals surface area contributed by atoms with Crippen LogP contribution >= 0.6 is 0 Å². The van der Waals surface area contributed by atoms with E-state index in [1.807, 2.05) is 7.11 Å². The Morgan fingerprint density at radius 1 is 0.750 bits per heavy atom. The van der Waals surface area contributed by atoms with E-state index in [1.165, 1.54) is 0 Å². The third-order valence-electron chi connectivity index (χ3n) is 4.33. The van der Waals surface area contributed by atoms with Gasteiger partial charge in [-0.3, -0.25) is 0 Å². The predicted octanol–water partition coefficient (Wildman–Crippen LogP) is 5.59. The largest absolute Gasteiger partial charge is 0.379 e. The maximum atomic E-state index is 6.26. The van der Waals surface area contributed by atoms with Crippen LogP contribution in [0, 0.1) is 5.41 Å². The van der Waals surface area contributed by atoms with Crippen LogP contribution in [0.2, 0.25) is 0 Å². The Balaban J connectivity index is 4.98. The summed E-state index contributed by atoms with van der Waals surface area (Å²) in [6, 6.07) is 0. The second-order valence-corrected chi connectivity index (χ2v) is 8.50. The number of hydrogen-bond donors (Lipinski definition) is 0. The van der Waals surface area contributed by atoms with E-state index < -0.39 is 0 Å². The van der Waals surface area contributed by atoms with Gasteiger partial charge in [0, 0.05) is 7.11 Å². The van der Waals surface area contributed by atoms with Crippen LogP contribution in [0.4, 0.5) is 0 Å². The first-order valence-corrected chi connectivity index (χ1v) is 8.06. The van der Waals surface area contributed by atoms with Crippen LogP contribution in [-0.2, 0) is 9.47 Å². The third-order valence-corrected chi connectivity index (χ3v) is 4.33. The van der Waals surface area contributed by atoms with Gasteiger partial charge in [-0.05, 0) is 66.2 Å². The summed E-state index contributed by atoms with van der Waals surface area (Å²) in [4.78, 5) is 0. The Labute approximate surface area is 127 Å². The maximum Gasteiger partial charge on any atom is 0.0653 e. The van der Waals surface area contributed by atoms with Gasteiger partial charge in [-0.15, -0.1) is 0 Å². The fourth-order valence-electron chi connectivity index (χ4n) is 3.45.